The highest BCUT2D eigenvalue weighted by molar-refractivity contribution is 7.08. The monoisotopic (exact) mass is 196 g/mol. The third-order valence-electron chi connectivity index (χ3n) is 1.58. The van der Waals surface area contributed by atoms with Gasteiger partial charge in [0.1, 0.15) is 0 Å². The van der Waals surface area contributed by atoms with Crippen LogP contribution in [0.3, 0.4) is 0 Å². The summed E-state index contributed by atoms with van der Waals surface area (Å²) >= 11 is 1.63. The molecule has 1 heterocycles. The van der Waals surface area contributed by atoms with E-state index in [0.29, 0.717) is 6.61 Å². The molecule has 0 fully saturated rings. The number of carbonyl (C=O) groups excluding carboxylic acids is 1. The van der Waals surface area contributed by atoms with Crippen LogP contribution in [0.25, 0.3) is 6.08 Å². The van der Waals surface area contributed by atoms with E-state index in [2.05, 4.69) is 0 Å². The highest BCUT2D eigenvalue weighted by Crippen LogP contribution is 2.14. The van der Waals surface area contributed by atoms with Crippen molar-refractivity contribution >= 4 is 23.4 Å². The first-order valence-electron chi connectivity index (χ1n) is 4.11. The SMILES string of the molecule is CCOC(=O)C=Cc1cscc1C. The number of aryl methyl sites for hydroxylation is 1. The quantitative estimate of drug-likeness (QED) is 0.548. The second-order valence-electron chi connectivity index (χ2n) is 2.60. The predicted octanol–water partition coefficient (Wildman–Crippen LogP) is 2.63. The minimum absolute atomic E-state index is 0.284. The standard InChI is InChI=1S/C10H12O2S/c1-3-12-10(11)5-4-9-7-13-6-8(9)2/h4-7H,3H2,1-2H3. The highest BCUT2D eigenvalue weighted by Gasteiger charge is 1.96. The van der Waals surface area contributed by atoms with Crippen LogP contribution in [0.2, 0.25) is 0 Å². The van der Waals surface area contributed by atoms with E-state index in [1.165, 1.54) is 11.6 Å². The maximum absolute atomic E-state index is 10.9. The first kappa shape index (κ1) is 9.99. The molecule has 0 N–H and O–H groups in total. The third-order valence-corrected chi connectivity index (χ3v) is 2.46. The average Bonchev–Trinajstić information content (AvgIpc) is 2.48. The summed E-state index contributed by atoms with van der Waals surface area (Å²) in [5.41, 5.74) is 2.27. The molecule has 1 rings (SSSR count). The lowest BCUT2D eigenvalue weighted by Gasteiger charge is -1.94. The van der Waals surface area contributed by atoms with Crippen LogP contribution in [0, 0.1) is 6.92 Å². The normalized spacial score (nSPS) is 10.6. The van der Waals surface area contributed by atoms with Crippen LogP contribution < -0.4 is 0 Å². The van der Waals surface area contributed by atoms with Crippen LogP contribution in [0.1, 0.15) is 18.1 Å². The molecule has 0 saturated heterocycles. The van der Waals surface area contributed by atoms with Gasteiger partial charge in [-0.15, -0.1) is 0 Å². The maximum Gasteiger partial charge on any atom is 0.330 e. The maximum atomic E-state index is 10.9. The van der Waals surface area contributed by atoms with Crippen LogP contribution in [-0.4, -0.2) is 12.6 Å². The predicted molar refractivity (Wildman–Crippen MR) is 54.7 cm³/mol. The molecule has 13 heavy (non-hydrogen) atoms. The molecule has 0 spiro atoms. The molecule has 0 radical (unpaired) electrons. The summed E-state index contributed by atoms with van der Waals surface area (Å²) in [6.07, 6.45) is 3.24. The lowest BCUT2D eigenvalue weighted by atomic mass is 10.2. The molecular formula is C10H12O2S. The van der Waals surface area contributed by atoms with Crippen molar-refractivity contribution in [1.29, 1.82) is 0 Å². The first-order chi connectivity index (χ1) is 6.24. The third kappa shape index (κ3) is 3.03. The fourth-order valence-corrected chi connectivity index (χ4v) is 1.71. The zero-order valence-electron chi connectivity index (χ0n) is 7.74. The van der Waals surface area contributed by atoms with Crippen molar-refractivity contribution in [3.8, 4) is 0 Å². The summed E-state index contributed by atoms with van der Waals surface area (Å²) in [5.74, 6) is -0.284. The Morgan fingerprint density at radius 2 is 2.38 bits per heavy atom. The zero-order chi connectivity index (χ0) is 9.68. The van der Waals surface area contributed by atoms with Gasteiger partial charge in [-0.05, 0) is 41.8 Å². The molecule has 0 aromatic carbocycles. The van der Waals surface area contributed by atoms with E-state index in [1.54, 1.807) is 24.3 Å². The molecule has 0 aliphatic carbocycles. The largest absolute Gasteiger partial charge is 0.463 e. The zero-order valence-corrected chi connectivity index (χ0v) is 8.56. The molecule has 2 nitrogen and oxygen atoms in total. The number of esters is 1. The number of rotatable bonds is 3. The van der Waals surface area contributed by atoms with Gasteiger partial charge >= 0.3 is 5.97 Å². The Morgan fingerprint density at radius 3 is 2.92 bits per heavy atom. The number of carbonyl (C=O) groups is 1. The van der Waals surface area contributed by atoms with Crippen LogP contribution >= 0.6 is 11.3 Å². The lowest BCUT2D eigenvalue weighted by molar-refractivity contribution is -0.137. The molecule has 0 atom stereocenters. The molecule has 0 aliphatic rings. The highest BCUT2D eigenvalue weighted by atomic mass is 32.1. The van der Waals surface area contributed by atoms with Gasteiger partial charge in [0, 0.05) is 6.08 Å². The molecule has 0 saturated carbocycles. The second kappa shape index (κ2) is 4.82. The Balaban J connectivity index is 2.58. The van der Waals surface area contributed by atoms with Gasteiger partial charge in [0.25, 0.3) is 0 Å². The van der Waals surface area contributed by atoms with Crippen molar-refractivity contribution in [2.75, 3.05) is 6.61 Å². The Labute approximate surface area is 81.8 Å². The minimum Gasteiger partial charge on any atom is -0.463 e. The van der Waals surface area contributed by atoms with Crippen molar-refractivity contribution in [2.24, 2.45) is 0 Å². The fraction of sp³-hybridized carbons (Fsp3) is 0.300. The molecule has 1 aromatic rings. The minimum atomic E-state index is -0.284. The molecular weight excluding hydrogens is 184 g/mol. The molecule has 0 aliphatic heterocycles. The Hall–Kier alpha value is -1.09. The number of thiophene rings is 1. The summed E-state index contributed by atoms with van der Waals surface area (Å²) in [6.45, 7) is 4.23. The van der Waals surface area contributed by atoms with Gasteiger partial charge in [-0.2, -0.15) is 11.3 Å². The smallest absolute Gasteiger partial charge is 0.330 e. The molecule has 70 valence electrons. The van der Waals surface area contributed by atoms with Gasteiger partial charge in [-0.3, -0.25) is 0 Å². The van der Waals surface area contributed by atoms with E-state index in [4.69, 9.17) is 4.74 Å². The van der Waals surface area contributed by atoms with E-state index < -0.39 is 0 Å². The van der Waals surface area contributed by atoms with Crippen molar-refractivity contribution in [2.45, 2.75) is 13.8 Å². The van der Waals surface area contributed by atoms with Crippen LogP contribution in [-0.2, 0) is 9.53 Å². The van der Waals surface area contributed by atoms with Gasteiger partial charge in [0.2, 0.25) is 0 Å². The fourth-order valence-electron chi connectivity index (χ4n) is 0.889. The van der Waals surface area contributed by atoms with Gasteiger partial charge in [0.05, 0.1) is 6.61 Å². The first-order valence-corrected chi connectivity index (χ1v) is 5.06. The molecule has 1 aromatic heterocycles. The van der Waals surface area contributed by atoms with Crippen LogP contribution in [0.4, 0.5) is 0 Å². The number of ether oxygens (including phenoxy) is 1. The Morgan fingerprint density at radius 1 is 1.62 bits per heavy atom. The number of hydrogen-bond acceptors (Lipinski definition) is 3. The Bertz CT molecular complexity index is 312. The van der Waals surface area contributed by atoms with Crippen LogP contribution in [0.5, 0.6) is 0 Å². The average molecular weight is 196 g/mol. The Kier molecular flexibility index (Phi) is 3.71. The van der Waals surface area contributed by atoms with Crippen molar-refractivity contribution in [3.63, 3.8) is 0 Å². The summed E-state index contributed by atoms with van der Waals surface area (Å²) < 4.78 is 4.76. The van der Waals surface area contributed by atoms with E-state index in [1.807, 2.05) is 17.7 Å². The van der Waals surface area contributed by atoms with Gasteiger partial charge in [-0.25, -0.2) is 4.79 Å². The second-order valence-corrected chi connectivity index (χ2v) is 3.34. The molecule has 0 unspecified atom stereocenters. The molecule has 3 heteroatoms. The molecule has 0 amide bonds. The van der Waals surface area contributed by atoms with E-state index >= 15 is 0 Å². The summed E-state index contributed by atoms with van der Waals surface area (Å²) in [6, 6.07) is 0. The van der Waals surface area contributed by atoms with E-state index in [9.17, 15) is 4.79 Å². The van der Waals surface area contributed by atoms with Gasteiger partial charge in [-0.1, -0.05) is 0 Å². The van der Waals surface area contributed by atoms with Crippen molar-refractivity contribution in [3.05, 3.63) is 28.0 Å². The van der Waals surface area contributed by atoms with Gasteiger partial charge in [0.15, 0.2) is 0 Å². The summed E-state index contributed by atoms with van der Waals surface area (Å²) in [7, 11) is 0. The summed E-state index contributed by atoms with van der Waals surface area (Å²) in [5, 5.41) is 4.05. The topological polar surface area (TPSA) is 26.3 Å². The van der Waals surface area contributed by atoms with Crippen molar-refractivity contribution < 1.29 is 9.53 Å². The van der Waals surface area contributed by atoms with Crippen molar-refractivity contribution in [1.82, 2.24) is 0 Å². The van der Waals surface area contributed by atoms with E-state index in [-0.39, 0.29) is 5.97 Å². The van der Waals surface area contributed by atoms with Gasteiger partial charge < -0.3 is 4.74 Å². The molecule has 0 bridgehead atoms. The number of hydrogen-bond donors (Lipinski definition) is 0. The lowest BCUT2D eigenvalue weighted by Crippen LogP contribution is -1.98. The van der Waals surface area contributed by atoms with E-state index in [0.717, 1.165) is 5.56 Å². The van der Waals surface area contributed by atoms with Crippen LogP contribution in [0.15, 0.2) is 16.8 Å². The summed E-state index contributed by atoms with van der Waals surface area (Å²) in [4.78, 5) is 10.9.